The van der Waals surface area contributed by atoms with Crippen LogP contribution in [0.2, 0.25) is 0 Å². The van der Waals surface area contributed by atoms with Crippen LogP contribution in [0.3, 0.4) is 0 Å². The molecule has 0 bridgehead atoms. The van der Waals surface area contributed by atoms with E-state index >= 15 is 0 Å². The fourth-order valence-corrected chi connectivity index (χ4v) is 4.46. The van der Waals surface area contributed by atoms with Crippen molar-refractivity contribution >= 4 is 39.2 Å². The summed E-state index contributed by atoms with van der Waals surface area (Å²) in [5.41, 5.74) is 3.37. The Hall–Kier alpha value is -3.17. The van der Waals surface area contributed by atoms with Gasteiger partial charge in [0, 0.05) is 47.9 Å². The molecule has 0 spiro atoms. The Bertz CT molecular complexity index is 1320. The number of nitrogens with one attached hydrogen (secondary N) is 2. The van der Waals surface area contributed by atoms with Crippen molar-refractivity contribution in [2.24, 2.45) is 0 Å². The standard InChI is InChI=1S/C23H27N5O3S/c1-5-28(6-2)8-7-27(3)23(30)15-9-14-10-17(24-16(14)11-20(15)31-4)21-22(29)26-19-13-32-12-18(19)25-21/h9-13,24H,5-8H2,1-4H3,(H,26,29). The summed E-state index contributed by atoms with van der Waals surface area (Å²) in [5.74, 6) is 0.384. The summed E-state index contributed by atoms with van der Waals surface area (Å²) in [6.45, 7) is 7.56. The van der Waals surface area contributed by atoms with Gasteiger partial charge in [0.2, 0.25) is 0 Å². The van der Waals surface area contributed by atoms with E-state index in [1.54, 1.807) is 25.1 Å². The van der Waals surface area contributed by atoms with Gasteiger partial charge in [0.25, 0.3) is 11.5 Å². The molecule has 3 aromatic heterocycles. The summed E-state index contributed by atoms with van der Waals surface area (Å²) in [6, 6.07) is 5.44. The molecule has 0 aliphatic heterocycles. The van der Waals surface area contributed by atoms with E-state index in [1.165, 1.54) is 11.3 Å². The summed E-state index contributed by atoms with van der Waals surface area (Å²) < 4.78 is 5.52. The van der Waals surface area contributed by atoms with Crippen LogP contribution in [0.4, 0.5) is 0 Å². The number of carbonyl (C=O) groups excluding carboxylic acids is 1. The van der Waals surface area contributed by atoms with Crippen LogP contribution in [-0.4, -0.2) is 71.0 Å². The molecule has 0 unspecified atom stereocenters. The van der Waals surface area contributed by atoms with Crippen molar-refractivity contribution in [1.29, 1.82) is 0 Å². The summed E-state index contributed by atoms with van der Waals surface area (Å²) in [6.07, 6.45) is 0. The zero-order valence-electron chi connectivity index (χ0n) is 18.7. The van der Waals surface area contributed by atoms with Gasteiger partial charge < -0.3 is 24.5 Å². The number of ether oxygens (including phenoxy) is 1. The van der Waals surface area contributed by atoms with Crippen LogP contribution >= 0.6 is 11.3 Å². The molecule has 4 aromatic rings. The third-order valence-electron chi connectivity index (χ3n) is 5.76. The van der Waals surface area contributed by atoms with Crippen LogP contribution in [0.15, 0.2) is 33.8 Å². The van der Waals surface area contributed by atoms with Gasteiger partial charge >= 0.3 is 0 Å². The number of hydrogen-bond donors (Lipinski definition) is 2. The van der Waals surface area contributed by atoms with E-state index in [0.717, 1.165) is 41.6 Å². The highest BCUT2D eigenvalue weighted by atomic mass is 32.1. The van der Waals surface area contributed by atoms with Gasteiger partial charge in [-0.1, -0.05) is 13.8 Å². The zero-order chi connectivity index (χ0) is 22.8. The minimum absolute atomic E-state index is 0.102. The smallest absolute Gasteiger partial charge is 0.276 e. The molecule has 9 heteroatoms. The predicted octanol–water partition coefficient (Wildman–Crippen LogP) is 3.56. The molecular weight excluding hydrogens is 426 g/mol. The van der Waals surface area contributed by atoms with Crippen molar-refractivity contribution in [3.05, 3.63) is 44.9 Å². The number of benzene rings is 1. The number of likely N-dealkylation sites (N-methyl/N-ethyl adjacent to an activating group) is 2. The maximum absolute atomic E-state index is 13.2. The first-order valence-corrected chi connectivity index (χ1v) is 11.5. The summed E-state index contributed by atoms with van der Waals surface area (Å²) in [7, 11) is 3.35. The van der Waals surface area contributed by atoms with Gasteiger partial charge in [0.05, 0.1) is 29.4 Å². The Balaban J connectivity index is 1.68. The molecule has 2 N–H and O–H groups in total. The molecule has 0 aliphatic carbocycles. The highest BCUT2D eigenvalue weighted by Gasteiger charge is 2.20. The van der Waals surface area contributed by atoms with Crippen molar-refractivity contribution in [2.75, 3.05) is 40.3 Å². The lowest BCUT2D eigenvalue weighted by molar-refractivity contribution is 0.0776. The number of carbonyl (C=O) groups is 1. The minimum Gasteiger partial charge on any atom is -0.496 e. The largest absolute Gasteiger partial charge is 0.496 e. The molecule has 8 nitrogen and oxygen atoms in total. The summed E-state index contributed by atoms with van der Waals surface area (Å²) >= 11 is 1.49. The number of methoxy groups -OCH3 is 1. The number of nitrogens with zero attached hydrogens (tertiary/aromatic N) is 3. The van der Waals surface area contributed by atoms with Gasteiger partial charge in [0.1, 0.15) is 5.75 Å². The van der Waals surface area contributed by atoms with Crippen molar-refractivity contribution in [1.82, 2.24) is 24.8 Å². The van der Waals surface area contributed by atoms with Gasteiger partial charge in [0.15, 0.2) is 5.69 Å². The topological polar surface area (TPSA) is 94.3 Å². The first-order valence-electron chi connectivity index (χ1n) is 10.6. The van der Waals surface area contributed by atoms with E-state index in [-0.39, 0.29) is 11.5 Å². The lowest BCUT2D eigenvalue weighted by Gasteiger charge is -2.23. The van der Waals surface area contributed by atoms with Gasteiger partial charge in [-0.15, -0.1) is 11.3 Å². The molecule has 0 saturated carbocycles. The number of amides is 1. The molecule has 1 amide bonds. The monoisotopic (exact) mass is 453 g/mol. The zero-order valence-corrected chi connectivity index (χ0v) is 19.5. The van der Waals surface area contributed by atoms with E-state index in [4.69, 9.17) is 4.74 Å². The molecule has 0 radical (unpaired) electrons. The normalized spacial score (nSPS) is 11.5. The molecule has 0 saturated heterocycles. The van der Waals surface area contributed by atoms with Crippen LogP contribution in [0.5, 0.6) is 5.75 Å². The average Bonchev–Trinajstić information content (AvgIpc) is 3.43. The van der Waals surface area contributed by atoms with E-state index in [1.807, 2.05) is 22.9 Å². The number of aromatic amines is 2. The van der Waals surface area contributed by atoms with Gasteiger partial charge in [-0.05, 0) is 25.2 Å². The average molecular weight is 454 g/mol. The van der Waals surface area contributed by atoms with Gasteiger partial charge in [-0.25, -0.2) is 4.98 Å². The van der Waals surface area contributed by atoms with E-state index in [2.05, 4.69) is 33.7 Å². The molecule has 4 rings (SSSR count). The second-order valence-electron chi connectivity index (χ2n) is 7.66. The van der Waals surface area contributed by atoms with Crippen LogP contribution in [0, 0.1) is 0 Å². The molecule has 0 fully saturated rings. The minimum atomic E-state index is -0.262. The number of rotatable bonds is 8. The molecule has 1 aromatic carbocycles. The fourth-order valence-electron chi connectivity index (χ4n) is 3.77. The Labute approximate surface area is 189 Å². The molecular formula is C23H27N5O3S. The summed E-state index contributed by atoms with van der Waals surface area (Å²) in [5, 5.41) is 4.57. The van der Waals surface area contributed by atoms with Crippen molar-refractivity contribution in [3.63, 3.8) is 0 Å². The third-order valence-corrected chi connectivity index (χ3v) is 6.49. The highest BCUT2D eigenvalue weighted by molar-refractivity contribution is 7.09. The van der Waals surface area contributed by atoms with Crippen molar-refractivity contribution in [3.8, 4) is 17.1 Å². The van der Waals surface area contributed by atoms with Gasteiger partial charge in [-0.3, -0.25) is 9.59 Å². The first-order chi connectivity index (χ1) is 15.4. The second-order valence-corrected chi connectivity index (χ2v) is 8.41. The first kappa shape index (κ1) is 22.0. The van der Waals surface area contributed by atoms with Crippen LogP contribution < -0.4 is 10.3 Å². The number of fused-ring (bicyclic) bond motifs is 2. The van der Waals surface area contributed by atoms with E-state index < -0.39 is 0 Å². The van der Waals surface area contributed by atoms with Gasteiger partial charge in [-0.2, -0.15) is 0 Å². The number of hydrogen-bond acceptors (Lipinski definition) is 6. The van der Waals surface area contributed by atoms with Crippen LogP contribution in [-0.2, 0) is 0 Å². The molecule has 0 atom stereocenters. The quantitative estimate of drug-likeness (QED) is 0.425. The SMILES string of the molecule is CCN(CC)CCN(C)C(=O)c1cc2cc(-c3nc4cscc4[nH]c3=O)[nH]c2cc1OC. The lowest BCUT2D eigenvalue weighted by Crippen LogP contribution is -2.36. The predicted molar refractivity (Wildman–Crippen MR) is 129 cm³/mol. The van der Waals surface area contributed by atoms with Crippen LogP contribution in [0.1, 0.15) is 24.2 Å². The highest BCUT2D eigenvalue weighted by Crippen LogP contribution is 2.30. The van der Waals surface area contributed by atoms with Crippen molar-refractivity contribution in [2.45, 2.75) is 13.8 Å². The van der Waals surface area contributed by atoms with Crippen LogP contribution in [0.25, 0.3) is 33.3 Å². The molecule has 168 valence electrons. The van der Waals surface area contributed by atoms with Crippen molar-refractivity contribution < 1.29 is 9.53 Å². The number of thiophene rings is 1. The maximum Gasteiger partial charge on any atom is 0.276 e. The number of aromatic nitrogens is 3. The van der Waals surface area contributed by atoms with E-state index in [9.17, 15) is 9.59 Å². The number of H-pyrrole nitrogens is 2. The van der Waals surface area contributed by atoms with E-state index in [0.29, 0.717) is 29.2 Å². The Morgan fingerprint density at radius 2 is 1.88 bits per heavy atom. The third kappa shape index (κ3) is 4.13. The molecule has 3 heterocycles. The summed E-state index contributed by atoms with van der Waals surface area (Å²) in [4.78, 5) is 40.3. The molecule has 32 heavy (non-hydrogen) atoms. The Morgan fingerprint density at radius 1 is 1.09 bits per heavy atom. The maximum atomic E-state index is 13.2. The Kier molecular flexibility index (Phi) is 6.29. The fraction of sp³-hybridized carbons (Fsp3) is 0.348. The second kappa shape index (κ2) is 9.13. The lowest BCUT2D eigenvalue weighted by atomic mass is 10.1. The Morgan fingerprint density at radius 3 is 2.59 bits per heavy atom. The molecule has 0 aliphatic rings.